The highest BCUT2D eigenvalue weighted by atomic mass is 32.2. The van der Waals surface area contributed by atoms with Gasteiger partial charge in [0.05, 0.1) is 35.3 Å². The molecule has 0 spiro atoms. The fourth-order valence-corrected chi connectivity index (χ4v) is 4.00. The van der Waals surface area contributed by atoms with Gasteiger partial charge in [0.25, 0.3) is 0 Å². The topological polar surface area (TPSA) is 87.3 Å². The first-order valence-electron chi connectivity index (χ1n) is 9.51. The second-order valence-corrected chi connectivity index (χ2v) is 7.95. The molecular weight excluding hydrogens is 398 g/mol. The van der Waals surface area contributed by atoms with Crippen LogP contribution in [0.5, 0.6) is 5.88 Å². The first-order chi connectivity index (χ1) is 14.3. The molecule has 30 heavy (non-hydrogen) atoms. The van der Waals surface area contributed by atoms with E-state index >= 15 is 0 Å². The van der Waals surface area contributed by atoms with Gasteiger partial charge in [0, 0.05) is 12.0 Å². The van der Waals surface area contributed by atoms with Gasteiger partial charge in [0.2, 0.25) is 11.8 Å². The van der Waals surface area contributed by atoms with Gasteiger partial charge in [0.15, 0.2) is 0 Å². The minimum absolute atomic E-state index is 0.172. The van der Waals surface area contributed by atoms with Crippen molar-refractivity contribution in [1.82, 2.24) is 9.97 Å². The zero-order valence-corrected chi connectivity index (χ0v) is 18.6. The molecule has 1 aromatic heterocycles. The molecular formula is C23H25N3O3S. The maximum Gasteiger partial charge on any atom is 0.337 e. The number of carbonyl (C=O) groups is 1. The molecule has 3 rings (SSSR count). The summed E-state index contributed by atoms with van der Waals surface area (Å²) in [7, 11) is 1.37. The molecule has 0 bridgehead atoms. The summed E-state index contributed by atoms with van der Waals surface area (Å²) < 4.78 is 10.8. The summed E-state index contributed by atoms with van der Waals surface area (Å²) in [6.45, 7) is 8.09. The molecule has 0 fully saturated rings. The predicted molar refractivity (Wildman–Crippen MR) is 119 cm³/mol. The zero-order valence-electron chi connectivity index (χ0n) is 17.8. The molecule has 2 N–H and O–H groups in total. The van der Waals surface area contributed by atoms with Crippen molar-refractivity contribution in [2.24, 2.45) is 0 Å². The van der Waals surface area contributed by atoms with Crippen molar-refractivity contribution in [3.63, 3.8) is 0 Å². The monoisotopic (exact) mass is 423 g/mol. The number of hydrogen-bond donors (Lipinski definition) is 1. The van der Waals surface area contributed by atoms with Gasteiger partial charge < -0.3 is 14.7 Å². The minimum atomic E-state index is -0.363. The van der Waals surface area contributed by atoms with Crippen LogP contribution in [0.25, 0.3) is 0 Å². The average molecular weight is 424 g/mol. The summed E-state index contributed by atoms with van der Waals surface area (Å²) in [4.78, 5) is 21.3. The van der Waals surface area contributed by atoms with E-state index in [9.17, 15) is 4.79 Å². The third kappa shape index (κ3) is 4.91. The van der Waals surface area contributed by atoms with Gasteiger partial charge in [0.1, 0.15) is 0 Å². The van der Waals surface area contributed by atoms with Gasteiger partial charge >= 0.3 is 5.97 Å². The van der Waals surface area contributed by atoms with E-state index in [0.717, 1.165) is 32.8 Å². The van der Waals surface area contributed by atoms with E-state index in [-0.39, 0.29) is 11.9 Å². The number of nitrogen functional groups attached to an aromatic ring is 1. The van der Waals surface area contributed by atoms with Crippen molar-refractivity contribution in [3.8, 4) is 5.88 Å². The van der Waals surface area contributed by atoms with Crippen LogP contribution in [-0.4, -0.2) is 23.0 Å². The Morgan fingerprint density at radius 1 is 1.03 bits per heavy atom. The smallest absolute Gasteiger partial charge is 0.337 e. The standard InChI is InChI=1S/C23H25N3O3S/c1-13-10-14(2)20(15(3)11-13)30-29-21-19(16(4)25-23(24)26-21)12-17-6-8-18(9-7-17)22(27)28-5/h6-11H,12H2,1-5H3,(H2,24,25,26). The molecule has 0 aliphatic carbocycles. The van der Waals surface area contributed by atoms with Crippen LogP contribution in [0.3, 0.4) is 0 Å². The van der Waals surface area contributed by atoms with Crippen LogP contribution >= 0.6 is 12.0 Å². The Morgan fingerprint density at radius 3 is 2.27 bits per heavy atom. The summed E-state index contributed by atoms with van der Waals surface area (Å²) in [5, 5.41) is 0. The Balaban J connectivity index is 1.87. The number of nitrogens with zero attached hydrogens (tertiary/aromatic N) is 2. The Labute approximate surface area is 181 Å². The summed E-state index contributed by atoms with van der Waals surface area (Å²) in [5.41, 5.74) is 12.5. The van der Waals surface area contributed by atoms with Crippen molar-refractivity contribution in [2.45, 2.75) is 39.0 Å². The summed E-state index contributed by atoms with van der Waals surface area (Å²) in [5.74, 6) is 0.254. The van der Waals surface area contributed by atoms with Crippen LogP contribution in [-0.2, 0) is 11.2 Å². The lowest BCUT2D eigenvalue weighted by atomic mass is 10.0. The van der Waals surface area contributed by atoms with Crippen LogP contribution in [0.1, 0.15) is 43.9 Å². The fraction of sp³-hybridized carbons (Fsp3) is 0.261. The lowest BCUT2D eigenvalue weighted by Crippen LogP contribution is -2.06. The Morgan fingerprint density at radius 2 is 1.67 bits per heavy atom. The van der Waals surface area contributed by atoms with Gasteiger partial charge in [-0.1, -0.05) is 29.8 Å². The van der Waals surface area contributed by atoms with E-state index in [0.29, 0.717) is 17.9 Å². The fourth-order valence-electron chi connectivity index (χ4n) is 3.32. The summed E-state index contributed by atoms with van der Waals surface area (Å²) in [6.07, 6.45) is 0.551. The Hall–Kier alpha value is -3.06. The molecule has 0 atom stereocenters. The molecule has 0 saturated carbocycles. The third-order valence-electron chi connectivity index (χ3n) is 4.76. The number of aromatic nitrogens is 2. The number of esters is 1. The second kappa shape index (κ2) is 9.17. The van der Waals surface area contributed by atoms with Crippen molar-refractivity contribution in [2.75, 3.05) is 12.8 Å². The number of benzene rings is 2. The molecule has 1 heterocycles. The number of aryl methyl sites for hydroxylation is 4. The highest BCUT2D eigenvalue weighted by molar-refractivity contribution is 7.95. The summed E-state index contributed by atoms with van der Waals surface area (Å²) in [6, 6.07) is 11.5. The molecule has 3 aromatic rings. The average Bonchev–Trinajstić information content (AvgIpc) is 2.69. The quantitative estimate of drug-likeness (QED) is 0.452. The van der Waals surface area contributed by atoms with E-state index in [4.69, 9.17) is 14.7 Å². The molecule has 156 valence electrons. The number of anilines is 1. The van der Waals surface area contributed by atoms with E-state index in [2.05, 4.69) is 42.9 Å². The number of ether oxygens (including phenoxy) is 1. The maximum absolute atomic E-state index is 11.6. The molecule has 0 unspecified atom stereocenters. The van der Waals surface area contributed by atoms with E-state index in [1.807, 2.05) is 19.1 Å². The predicted octanol–water partition coefficient (Wildman–Crippen LogP) is 4.76. The van der Waals surface area contributed by atoms with Gasteiger partial charge in [-0.05, 0) is 56.5 Å². The van der Waals surface area contributed by atoms with Crippen LogP contribution in [0, 0.1) is 27.7 Å². The Kier molecular flexibility index (Phi) is 6.62. The van der Waals surface area contributed by atoms with Gasteiger partial charge in [-0.25, -0.2) is 9.78 Å². The SMILES string of the molecule is COC(=O)c1ccc(Cc2c(C)nc(N)nc2OSc2c(C)cc(C)cc2C)cc1. The largest absolute Gasteiger partial charge is 0.465 e. The number of nitrogens with two attached hydrogens (primary N) is 1. The summed E-state index contributed by atoms with van der Waals surface area (Å²) >= 11 is 1.28. The van der Waals surface area contributed by atoms with Gasteiger partial charge in [-0.15, -0.1) is 0 Å². The molecule has 6 nitrogen and oxygen atoms in total. The highest BCUT2D eigenvalue weighted by Gasteiger charge is 2.16. The number of hydrogen-bond acceptors (Lipinski definition) is 7. The van der Waals surface area contributed by atoms with Crippen molar-refractivity contribution in [1.29, 1.82) is 0 Å². The number of carbonyl (C=O) groups excluding carboxylic acids is 1. The van der Waals surface area contributed by atoms with Crippen LogP contribution in [0.2, 0.25) is 0 Å². The third-order valence-corrected chi connectivity index (χ3v) is 5.81. The molecule has 0 radical (unpaired) electrons. The first kappa shape index (κ1) is 21.6. The lowest BCUT2D eigenvalue weighted by Gasteiger charge is -2.14. The molecule has 0 aliphatic rings. The maximum atomic E-state index is 11.6. The number of rotatable bonds is 6. The lowest BCUT2D eigenvalue weighted by molar-refractivity contribution is 0.0600. The van der Waals surface area contributed by atoms with E-state index < -0.39 is 0 Å². The first-order valence-corrected chi connectivity index (χ1v) is 10.2. The van der Waals surface area contributed by atoms with Crippen molar-refractivity contribution in [3.05, 3.63) is 75.5 Å². The molecule has 0 saturated heterocycles. The normalized spacial score (nSPS) is 10.7. The van der Waals surface area contributed by atoms with Crippen molar-refractivity contribution >= 4 is 24.0 Å². The van der Waals surface area contributed by atoms with Crippen molar-refractivity contribution < 1.29 is 13.7 Å². The van der Waals surface area contributed by atoms with Gasteiger partial charge in [-0.2, -0.15) is 4.98 Å². The zero-order chi connectivity index (χ0) is 21.8. The molecule has 2 aromatic carbocycles. The molecule has 0 amide bonds. The highest BCUT2D eigenvalue weighted by Crippen LogP contribution is 2.32. The number of methoxy groups -OCH3 is 1. The molecule has 7 heteroatoms. The van der Waals surface area contributed by atoms with Gasteiger partial charge in [-0.3, -0.25) is 0 Å². The van der Waals surface area contributed by atoms with Crippen LogP contribution < -0.4 is 9.92 Å². The Bertz CT molecular complexity index is 1060. The minimum Gasteiger partial charge on any atom is -0.465 e. The van der Waals surface area contributed by atoms with E-state index in [1.54, 1.807) is 12.1 Å². The second-order valence-electron chi connectivity index (χ2n) is 7.21. The van der Waals surface area contributed by atoms with E-state index in [1.165, 1.54) is 24.7 Å². The molecule has 0 aliphatic heterocycles. The van der Waals surface area contributed by atoms with Crippen LogP contribution in [0.4, 0.5) is 5.95 Å². The van der Waals surface area contributed by atoms with Crippen LogP contribution in [0.15, 0.2) is 41.3 Å².